The molecule has 1 aromatic rings. The highest BCUT2D eigenvalue weighted by molar-refractivity contribution is 6.32. The van der Waals surface area contributed by atoms with Gasteiger partial charge in [-0.2, -0.15) is 5.26 Å². The molecule has 10 heavy (non-hydrogen) atoms. The predicted octanol–water partition coefficient (Wildman–Crippen LogP) is 1.19. The van der Waals surface area contributed by atoms with Gasteiger partial charge in [-0.3, -0.25) is 0 Å². The number of nitrogens with two attached hydrogens (primary N) is 1. The third-order valence-corrected chi connectivity index (χ3v) is 1.31. The number of nitriles is 1. The van der Waals surface area contributed by atoms with Crippen LogP contribution in [0, 0.1) is 11.3 Å². The Kier molecular flexibility index (Phi) is 1.74. The van der Waals surface area contributed by atoms with E-state index in [2.05, 4.69) is 4.98 Å². The number of rotatable bonds is 0. The highest BCUT2D eigenvalue weighted by Crippen LogP contribution is 2.14. The maximum absolute atomic E-state index is 8.34. The smallest absolute Gasteiger partial charge is 0.143 e. The highest BCUT2D eigenvalue weighted by Gasteiger charge is 1.96. The molecule has 0 unspecified atom stereocenters. The zero-order chi connectivity index (χ0) is 7.56. The lowest BCUT2D eigenvalue weighted by Gasteiger charge is -1.93. The fraction of sp³-hybridized carbons (Fsp3) is 0. The van der Waals surface area contributed by atoms with E-state index in [-0.39, 0.29) is 11.5 Å². The number of pyridine rings is 1. The van der Waals surface area contributed by atoms with E-state index in [1.807, 2.05) is 6.07 Å². The van der Waals surface area contributed by atoms with Gasteiger partial charge in [0.15, 0.2) is 0 Å². The lowest BCUT2D eigenvalue weighted by Crippen LogP contribution is -1.92. The van der Waals surface area contributed by atoms with E-state index in [1.54, 1.807) is 6.07 Å². The molecule has 0 atom stereocenters. The van der Waals surface area contributed by atoms with Crippen molar-refractivity contribution in [2.75, 3.05) is 5.73 Å². The fourth-order valence-corrected chi connectivity index (χ4v) is 0.625. The average Bonchev–Trinajstić information content (AvgIpc) is 1.95. The van der Waals surface area contributed by atoms with Gasteiger partial charge >= 0.3 is 0 Å². The quantitative estimate of drug-likeness (QED) is 0.609. The molecule has 0 bridgehead atoms. The van der Waals surface area contributed by atoms with Crippen molar-refractivity contribution in [3.05, 3.63) is 22.8 Å². The Bertz CT molecular complexity index is 290. The molecule has 0 spiro atoms. The van der Waals surface area contributed by atoms with Crippen LogP contribution in [0.4, 0.5) is 5.82 Å². The molecule has 1 heterocycles. The Balaban J connectivity index is 3.20. The minimum atomic E-state index is 0.195. The molecular weight excluding hydrogens is 150 g/mol. The Morgan fingerprint density at radius 2 is 2.30 bits per heavy atom. The highest BCUT2D eigenvalue weighted by atomic mass is 35.5. The predicted molar refractivity (Wildman–Crippen MR) is 38.4 cm³/mol. The molecule has 1 rings (SSSR count). The van der Waals surface area contributed by atoms with E-state index >= 15 is 0 Å². The first-order valence-corrected chi connectivity index (χ1v) is 2.94. The van der Waals surface area contributed by atoms with Crippen LogP contribution < -0.4 is 5.73 Å². The van der Waals surface area contributed by atoms with Gasteiger partial charge in [-0.15, -0.1) is 0 Å². The summed E-state index contributed by atoms with van der Waals surface area (Å²) in [5.41, 5.74) is 5.58. The van der Waals surface area contributed by atoms with E-state index in [0.717, 1.165) is 0 Å². The van der Waals surface area contributed by atoms with Gasteiger partial charge in [0.2, 0.25) is 0 Å². The number of nitrogens with zero attached hydrogens (tertiary/aromatic N) is 2. The molecule has 0 saturated carbocycles. The van der Waals surface area contributed by atoms with Crippen molar-refractivity contribution in [3.63, 3.8) is 0 Å². The van der Waals surface area contributed by atoms with Crippen molar-refractivity contribution in [2.45, 2.75) is 0 Å². The topological polar surface area (TPSA) is 62.7 Å². The first kappa shape index (κ1) is 6.84. The second-order valence-electron chi connectivity index (χ2n) is 1.68. The molecule has 2 N–H and O–H groups in total. The fourth-order valence-electron chi connectivity index (χ4n) is 0.520. The Morgan fingerprint density at radius 3 is 2.80 bits per heavy atom. The minimum Gasteiger partial charge on any atom is -0.382 e. The van der Waals surface area contributed by atoms with Crippen LogP contribution in [0.15, 0.2) is 12.1 Å². The maximum atomic E-state index is 8.34. The van der Waals surface area contributed by atoms with Crippen LogP contribution in [0.5, 0.6) is 0 Å². The van der Waals surface area contributed by atoms with Crippen LogP contribution in [-0.2, 0) is 0 Å². The van der Waals surface area contributed by atoms with Crippen LogP contribution in [-0.4, -0.2) is 4.98 Å². The normalized spacial score (nSPS) is 8.80. The van der Waals surface area contributed by atoms with E-state index in [4.69, 9.17) is 22.6 Å². The van der Waals surface area contributed by atoms with Gasteiger partial charge in [-0.25, -0.2) is 4.98 Å². The molecule has 3 nitrogen and oxygen atoms in total. The van der Waals surface area contributed by atoms with Crippen molar-refractivity contribution in [1.82, 2.24) is 4.98 Å². The van der Waals surface area contributed by atoms with E-state index < -0.39 is 0 Å². The second-order valence-corrected chi connectivity index (χ2v) is 2.08. The summed E-state index contributed by atoms with van der Waals surface area (Å²) in [6.07, 6.45) is 0. The Labute approximate surface area is 63.1 Å². The Hall–Kier alpha value is -1.27. The minimum absolute atomic E-state index is 0.195. The molecule has 0 radical (unpaired) electrons. The second kappa shape index (κ2) is 2.54. The summed E-state index contributed by atoms with van der Waals surface area (Å²) in [4.78, 5) is 3.68. The zero-order valence-corrected chi connectivity index (χ0v) is 5.76. The van der Waals surface area contributed by atoms with Crippen LogP contribution in [0.3, 0.4) is 0 Å². The van der Waals surface area contributed by atoms with Crippen molar-refractivity contribution < 1.29 is 0 Å². The molecule has 0 aliphatic heterocycles. The van der Waals surface area contributed by atoms with Crippen molar-refractivity contribution in [2.24, 2.45) is 0 Å². The zero-order valence-electron chi connectivity index (χ0n) is 5.00. The van der Waals surface area contributed by atoms with Gasteiger partial charge in [0.25, 0.3) is 0 Å². The summed E-state index contributed by atoms with van der Waals surface area (Å²) in [5, 5.41) is 8.72. The number of aromatic nitrogens is 1. The summed E-state index contributed by atoms with van der Waals surface area (Å²) in [5.74, 6) is 0.195. The van der Waals surface area contributed by atoms with Crippen LogP contribution in [0.25, 0.3) is 0 Å². The van der Waals surface area contributed by atoms with Gasteiger partial charge < -0.3 is 5.73 Å². The SMILES string of the molecule is N#Cc1ccc(Cl)c(N)n1. The number of nitrogen functional groups attached to an aromatic ring is 1. The molecule has 0 saturated heterocycles. The van der Waals surface area contributed by atoms with Crippen molar-refractivity contribution in [3.8, 4) is 6.07 Å². The lowest BCUT2D eigenvalue weighted by molar-refractivity contribution is 1.27. The third kappa shape index (κ3) is 1.17. The van der Waals surface area contributed by atoms with E-state index in [1.165, 1.54) is 6.07 Å². The monoisotopic (exact) mass is 153 g/mol. The largest absolute Gasteiger partial charge is 0.382 e. The molecule has 1 aromatic heterocycles. The molecular formula is C6H4ClN3. The molecule has 0 aliphatic carbocycles. The van der Waals surface area contributed by atoms with Crippen molar-refractivity contribution in [1.29, 1.82) is 5.26 Å². The summed E-state index contributed by atoms with van der Waals surface area (Å²) >= 11 is 5.54. The van der Waals surface area contributed by atoms with Gasteiger partial charge in [-0.05, 0) is 12.1 Å². The van der Waals surface area contributed by atoms with Gasteiger partial charge in [0.1, 0.15) is 17.6 Å². The number of hydrogen-bond donors (Lipinski definition) is 1. The van der Waals surface area contributed by atoms with Crippen LogP contribution in [0.2, 0.25) is 5.02 Å². The number of anilines is 1. The van der Waals surface area contributed by atoms with E-state index in [0.29, 0.717) is 5.02 Å². The molecule has 4 heteroatoms. The third-order valence-electron chi connectivity index (χ3n) is 0.988. The van der Waals surface area contributed by atoms with E-state index in [9.17, 15) is 0 Å². The van der Waals surface area contributed by atoms with Crippen LogP contribution >= 0.6 is 11.6 Å². The Morgan fingerprint density at radius 1 is 1.60 bits per heavy atom. The molecule has 0 fully saturated rings. The standard InChI is InChI=1S/C6H4ClN3/c7-5-2-1-4(3-8)10-6(5)9/h1-2H,(H2,9,10). The lowest BCUT2D eigenvalue weighted by atomic mass is 10.4. The summed E-state index contributed by atoms with van der Waals surface area (Å²) < 4.78 is 0. The van der Waals surface area contributed by atoms with Crippen molar-refractivity contribution >= 4 is 17.4 Å². The molecule has 50 valence electrons. The summed E-state index contributed by atoms with van der Waals surface area (Å²) in [7, 11) is 0. The first-order chi connectivity index (χ1) is 4.74. The molecule has 0 amide bonds. The first-order valence-electron chi connectivity index (χ1n) is 2.56. The average molecular weight is 154 g/mol. The number of hydrogen-bond acceptors (Lipinski definition) is 3. The summed E-state index contributed by atoms with van der Waals surface area (Å²) in [6.45, 7) is 0. The maximum Gasteiger partial charge on any atom is 0.143 e. The van der Waals surface area contributed by atoms with Gasteiger partial charge in [0.05, 0.1) is 5.02 Å². The van der Waals surface area contributed by atoms with Gasteiger partial charge in [-0.1, -0.05) is 11.6 Å². The van der Waals surface area contributed by atoms with Gasteiger partial charge in [0, 0.05) is 0 Å². The molecule has 0 aromatic carbocycles. The summed E-state index contributed by atoms with van der Waals surface area (Å²) in [6, 6.07) is 4.90. The number of halogens is 1. The molecule has 0 aliphatic rings. The van der Waals surface area contributed by atoms with Crippen LogP contribution in [0.1, 0.15) is 5.69 Å².